The minimum Gasteiger partial charge on any atom is -0.304 e. The van der Waals surface area contributed by atoms with Gasteiger partial charge in [0.1, 0.15) is 4.64 Å². The first-order valence-corrected chi connectivity index (χ1v) is 5.04. The topological polar surface area (TPSA) is 31.6 Å². The molecule has 0 aliphatic heterocycles. The lowest BCUT2D eigenvalue weighted by Gasteiger charge is -2.19. The molecule has 0 spiro atoms. The van der Waals surface area contributed by atoms with Crippen molar-refractivity contribution in [3.63, 3.8) is 0 Å². The van der Waals surface area contributed by atoms with Gasteiger partial charge >= 0.3 is 0 Å². The summed E-state index contributed by atoms with van der Waals surface area (Å²) in [6, 6.07) is 2.06. The Kier molecular flexibility index (Phi) is 2.30. The summed E-state index contributed by atoms with van der Waals surface area (Å²) < 4.78 is 0.829. The Balaban J connectivity index is 2.13. The molecular formula is C9H14N2S. The van der Waals surface area contributed by atoms with Gasteiger partial charge in [-0.05, 0) is 18.9 Å². The zero-order valence-corrected chi connectivity index (χ0v) is 7.91. The van der Waals surface area contributed by atoms with E-state index < -0.39 is 0 Å². The van der Waals surface area contributed by atoms with E-state index in [4.69, 9.17) is 12.2 Å². The minimum atomic E-state index is 0.728. The number of H-pyrrole nitrogens is 2. The second-order valence-corrected chi connectivity index (χ2v) is 3.99. The lowest BCUT2D eigenvalue weighted by molar-refractivity contribution is 0.436. The van der Waals surface area contributed by atoms with E-state index in [2.05, 4.69) is 16.3 Å². The second kappa shape index (κ2) is 3.44. The van der Waals surface area contributed by atoms with Crippen LogP contribution in [0.4, 0.5) is 0 Å². The Morgan fingerprint density at radius 1 is 1.17 bits per heavy atom. The number of rotatable bonds is 1. The number of nitrogens with one attached hydrogen (secondary N) is 2. The van der Waals surface area contributed by atoms with Gasteiger partial charge in [-0.15, -0.1) is 0 Å². The zero-order chi connectivity index (χ0) is 8.39. The summed E-state index contributed by atoms with van der Waals surface area (Å²) in [5.41, 5.74) is 1.31. The molecular weight excluding hydrogens is 168 g/mol. The molecule has 1 fully saturated rings. The normalized spacial score (nSPS) is 19.7. The van der Waals surface area contributed by atoms with Crippen LogP contribution in [-0.4, -0.2) is 10.2 Å². The molecule has 1 heterocycles. The molecule has 0 saturated heterocycles. The highest BCUT2D eigenvalue weighted by molar-refractivity contribution is 7.71. The number of aromatic nitrogens is 2. The van der Waals surface area contributed by atoms with Gasteiger partial charge in [-0.25, -0.2) is 0 Å². The zero-order valence-electron chi connectivity index (χ0n) is 7.10. The highest BCUT2D eigenvalue weighted by Gasteiger charge is 2.15. The van der Waals surface area contributed by atoms with Crippen LogP contribution < -0.4 is 0 Å². The van der Waals surface area contributed by atoms with Crippen molar-refractivity contribution in [2.45, 2.75) is 38.0 Å². The van der Waals surface area contributed by atoms with Crippen molar-refractivity contribution in [2.75, 3.05) is 0 Å². The molecule has 1 aliphatic rings. The van der Waals surface area contributed by atoms with Gasteiger partial charge in [0.2, 0.25) is 0 Å². The first kappa shape index (κ1) is 8.05. The van der Waals surface area contributed by atoms with E-state index in [0.29, 0.717) is 0 Å². The molecule has 1 aliphatic carbocycles. The fraction of sp³-hybridized carbons (Fsp3) is 0.667. The van der Waals surface area contributed by atoms with Gasteiger partial charge in [-0.1, -0.05) is 31.5 Å². The largest absolute Gasteiger partial charge is 0.304 e. The second-order valence-electron chi connectivity index (χ2n) is 3.55. The predicted octanol–water partition coefficient (Wildman–Crippen LogP) is 3.12. The molecule has 0 amide bonds. The van der Waals surface area contributed by atoms with Gasteiger partial charge in [0, 0.05) is 11.6 Å². The summed E-state index contributed by atoms with van der Waals surface area (Å²) in [6.45, 7) is 0. The van der Waals surface area contributed by atoms with E-state index >= 15 is 0 Å². The van der Waals surface area contributed by atoms with Crippen LogP contribution in [-0.2, 0) is 0 Å². The number of hydrogen-bond donors (Lipinski definition) is 2. The average molecular weight is 182 g/mol. The van der Waals surface area contributed by atoms with Crippen LogP contribution in [0.2, 0.25) is 0 Å². The van der Waals surface area contributed by atoms with Crippen molar-refractivity contribution >= 4 is 12.2 Å². The lowest BCUT2D eigenvalue weighted by atomic mass is 9.87. The maximum Gasteiger partial charge on any atom is 0.119 e. The van der Waals surface area contributed by atoms with E-state index in [1.807, 2.05) is 0 Å². The lowest BCUT2D eigenvalue weighted by Crippen LogP contribution is -2.04. The highest BCUT2D eigenvalue weighted by atomic mass is 32.1. The number of aromatic amines is 2. The van der Waals surface area contributed by atoms with Crippen LogP contribution in [0.5, 0.6) is 0 Å². The van der Waals surface area contributed by atoms with Crippen molar-refractivity contribution in [1.29, 1.82) is 0 Å². The van der Waals surface area contributed by atoms with Crippen LogP contribution in [0.3, 0.4) is 0 Å². The SMILES string of the molecule is S=c1cc(C2CCCCC2)[nH][nH]1. The van der Waals surface area contributed by atoms with E-state index in [9.17, 15) is 0 Å². The van der Waals surface area contributed by atoms with Crippen molar-refractivity contribution in [2.24, 2.45) is 0 Å². The molecule has 0 atom stereocenters. The van der Waals surface area contributed by atoms with E-state index in [1.165, 1.54) is 37.8 Å². The molecule has 1 saturated carbocycles. The van der Waals surface area contributed by atoms with Gasteiger partial charge in [0.15, 0.2) is 0 Å². The third-order valence-corrected chi connectivity index (χ3v) is 2.88. The predicted molar refractivity (Wildman–Crippen MR) is 51.8 cm³/mol. The Morgan fingerprint density at radius 2 is 1.92 bits per heavy atom. The summed E-state index contributed by atoms with van der Waals surface area (Å²) in [7, 11) is 0. The molecule has 2 rings (SSSR count). The van der Waals surface area contributed by atoms with Crippen LogP contribution >= 0.6 is 12.2 Å². The average Bonchev–Trinajstić information content (AvgIpc) is 2.54. The van der Waals surface area contributed by atoms with Crippen molar-refractivity contribution < 1.29 is 0 Å². The Morgan fingerprint density at radius 3 is 2.50 bits per heavy atom. The van der Waals surface area contributed by atoms with Crippen LogP contribution in [0, 0.1) is 4.64 Å². The summed E-state index contributed by atoms with van der Waals surface area (Å²) in [5.74, 6) is 0.728. The Bertz CT molecular complexity index is 293. The molecule has 0 aromatic carbocycles. The first-order valence-electron chi connectivity index (χ1n) is 4.64. The summed E-state index contributed by atoms with van der Waals surface area (Å²) in [4.78, 5) is 0. The molecule has 12 heavy (non-hydrogen) atoms. The van der Waals surface area contributed by atoms with Gasteiger partial charge in [0.25, 0.3) is 0 Å². The molecule has 0 radical (unpaired) electrons. The van der Waals surface area contributed by atoms with Crippen LogP contribution in [0.15, 0.2) is 6.07 Å². The fourth-order valence-corrected chi connectivity index (χ4v) is 2.16. The molecule has 66 valence electrons. The highest BCUT2D eigenvalue weighted by Crippen LogP contribution is 2.31. The molecule has 2 N–H and O–H groups in total. The molecule has 0 unspecified atom stereocenters. The van der Waals surface area contributed by atoms with Gasteiger partial charge in [0.05, 0.1) is 0 Å². The Labute approximate surface area is 77.4 Å². The Hall–Kier alpha value is -0.570. The summed E-state index contributed by atoms with van der Waals surface area (Å²) >= 11 is 5.02. The smallest absolute Gasteiger partial charge is 0.119 e. The summed E-state index contributed by atoms with van der Waals surface area (Å²) in [5, 5.41) is 6.10. The van der Waals surface area contributed by atoms with Crippen LogP contribution in [0.25, 0.3) is 0 Å². The standard InChI is InChI=1S/C9H14N2S/c12-9-6-8(10-11-9)7-4-2-1-3-5-7/h6-7H,1-5H2,(H2,10,11,12). The van der Waals surface area contributed by atoms with Crippen molar-refractivity contribution in [3.8, 4) is 0 Å². The van der Waals surface area contributed by atoms with E-state index in [1.54, 1.807) is 0 Å². The monoisotopic (exact) mass is 182 g/mol. The van der Waals surface area contributed by atoms with E-state index in [0.717, 1.165) is 10.6 Å². The molecule has 3 heteroatoms. The fourth-order valence-electron chi connectivity index (χ4n) is 1.98. The molecule has 0 bridgehead atoms. The number of hydrogen-bond acceptors (Lipinski definition) is 1. The summed E-state index contributed by atoms with van der Waals surface area (Å²) in [6.07, 6.45) is 6.79. The molecule has 1 aromatic rings. The third kappa shape index (κ3) is 1.61. The third-order valence-electron chi connectivity index (χ3n) is 2.66. The van der Waals surface area contributed by atoms with Gasteiger partial charge < -0.3 is 5.10 Å². The van der Waals surface area contributed by atoms with E-state index in [-0.39, 0.29) is 0 Å². The van der Waals surface area contributed by atoms with Crippen molar-refractivity contribution in [3.05, 3.63) is 16.4 Å². The maximum absolute atomic E-state index is 5.02. The molecule has 1 aromatic heterocycles. The van der Waals surface area contributed by atoms with Gasteiger partial charge in [-0.3, -0.25) is 5.10 Å². The van der Waals surface area contributed by atoms with Gasteiger partial charge in [-0.2, -0.15) is 0 Å². The minimum absolute atomic E-state index is 0.728. The molecule has 2 nitrogen and oxygen atoms in total. The maximum atomic E-state index is 5.02. The van der Waals surface area contributed by atoms with Crippen LogP contribution in [0.1, 0.15) is 43.7 Å². The first-order chi connectivity index (χ1) is 5.86. The van der Waals surface area contributed by atoms with Crippen molar-refractivity contribution in [1.82, 2.24) is 10.2 Å². The quantitative estimate of drug-likeness (QED) is 0.642.